The van der Waals surface area contributed by atoms with E-state index in [2.05, 4.69) is 24.1 Å². The van der Waals surface area contributed by atoms with Crippen molar-refractivity contribution >= 4 is 22.8 Å². The van der Waals surface area contributed by atoms with Crippen molar-refractivity contribution in [2.24, 2.45) is 18.4 Å². The number of aryl methyl sites for hydroxylation is 1. The predicted molar refractivity (Wildman–Crippen MR) is 129 cm³/mol. The van der Waals surface area contributed by atoms with Crippen LogP contribution in [0, 0.1) is 11.3 Å². The lowest BCUT2D eigenvalue weighted by Gasteiger charge is -2.30. The molecule has 0 aliphatic heterocycles. The van der Waals surface area contributed by atoms with Gasteiger partial charge in [0.15, 0.2) is 0 Å². The Kier molecular flexibility index (Phi) is 7.61. The lowest BCUT2D eigenvalue weighted by Crippen LogP contribution is -2.51. The number of amides is 2. The number of furan rings is 1. The van der Waals surface area contributed by atoms with Gasteiger partial charge in [-0.05, 0) is 35.1 Å². The van der Waals surface area contributed by atoms with Gasteiger partial charge in [0.25, 0.3) is 0 Å². The lowest BCUT2D eigenvalue weighted by molar-refractivity contribution is -0.137. The standard InChI is InChI=1S/C26H36N4O3/c1-18(2)15-30(16-19-7-8-23-20(11-19)9-10-33-23)25(32)22(12-21-14-27-17-29(21)6)28-24(31)13-26(3,4)5/h7-11,14,17-18,22H,12-13,15-16H2,1-6H3,(H,28,31)/t22-/m0/s1. The minimum Gasteiger partial charge on any atom is -0.464 e. The number of carbonyl (C=O) groups excluding carboxylic acids is 2. The van der Waals surface area contributed by atoms with Gasteiger partial charge in [0.05, 0.1) is 12.6 Å². The highest BCUT2D eigenvalue weighted by Gasteiger charge is 2.29. The van der Waals surface area contributed by atoms with Gasteiger partial charge in [0.1, 0.15) is 11.6 Å². The van der Waals surface area contributed by atoms with Crippen molar-refractivity contribution in [1.82, 2.24) is 19.8 Å². The summed E-state index contributed by atoms with van der Waals surface area (Å²) in [4.78, 5) is 32.6. The summed E-state index contributed by atoms with van der Waals surface area (Å²) in [7, 11) is 1.90. The van der Waals surface area contributed by atoms with E-state index < -0.39 is 6.04 Å². The minimum atomic E-state index is -0.661. The Morgan fingerprint density at radius 3 is 2.61 bits per heavy atom. The quantitative estimate of drug-likeness (QED) is 0.524. The van der Waals surface area contributed by atoms with Crippen LogP contribution in [0.1, 0.15) is 52.3 Å². The number of imidazole rings is 1. The van der Waals surface area contributed by atoms with Gasteiger partial charge in [-0.15, -0.1) is 0 Å². The summed E-state index contributed by atoms with van der Waals surface area (Å²) in [6, 6.07) is 7.23. The van der Waals surface area contributed by atoms with Crippen molar-refractivity contribution in [3.8, 4) is 0 Å². The van der Waals surface area contributed by atoms with Crippen LogP contribution in [0.3, 0.4) is 0 Å². The predicted octanol–water partition coefficient (Wildman–Crippen LogP) is 4.31. The van der Waals surface area contributed by atoms with Crippen LogP contribution in [0.15, 0.2) is 47.5 Å². The largest absolute Gasteiger partial charge is 0.464 e. The zero-order valence-electron chi connectivity index (χ0n) is 20.6. The van der Waals surface area contributed by atoms with Gasteiger partial charge in [-0.25, -0.2) is 4.98 Å². The molecular formula is C26H36N4O3. The van der Waals surface area contributed by atoms with Crippen LogP contribution in [0.4, 0.5) is 0 Å². The van der Waals surface area contributed by atoms with Crippen LogP contribution in [0.25, 0.3) is 11.0 Å². The zero-order chi connectivity index (χ0) is 24.2. The number of carbonyl (C=O) groups is 2. The van der Waals surface area contributed by atoms with Gasteiger partial charge in [0.2, 0.25) is 11.8 Å². The van der Waals surface area contributed by atoms with Gasteiger partial charge in [-0.3, -0.25) is 9.59 Å². The summed E-state index contributed by atoms with van der Waals surface area (Å²) in [6.45, 7) is 11.3. The smallest absolute Gasteiger partial charge is 0.245 e. The maximum atomic E-state index is 13.8. The first kappa shape index (κ1) is 24.6. The van der Waals surface area contributed by atoms with Crippen molar-refractivity contribution in [1.29, 1.82) is 0 Å². The molecule has 1 aromatic carbocycles. The zero-order valence-corrected chi connectivity index (χ0v) is 20.6. The fourth-order valence-electron chi connectivity index (χ4n) is 3.95. The van der Waals surface area contributed by atoms with Crippen LogP contribution in [-0.2, 0) is 29.6 Å². The minimum absolute atomic E-state index is 0.0838. The van der Waals surface area contributed by atoms with Crippen molar-refractivity contribution < 1.29 is 14.0 Å². The van der Waals surface area contributed by atoms with Crippen LogP contribution >= 0.6 is 0 Å². The molecule has 0 saturated carbocycles. The third kappa shape index (κ3) is 6.94. The molecular weight excluding hydrogens is 416 g/mol. The summed E-state index contributed by atoms with van der Waals surface area (Å²) in [5.74, 6) is 0.0843. The van der Waals surface area contributed by atoms with E-state index in [-0.39, 0.29) is 23.1 Å². The third-order valence-corrected chi connectivity index (χ3v) is 5.44. The first-order valence-electron chi connectivity index (χ1n) is 11.5. The highest BCUT2D eigenvalue weighted by Crippen LogP contribution is 2.21. The van der Waals surface area contributed by atoms with Gasteiger partial charge in [0, 0.05) is 50.3 Å². The number of nitrogens with zero attached hydrogens (tertiary/aromatic N) is 3. The molecule has 1 N–H and O–H groups in total. The van der Waals surface area contributed by atoms with E-state index >= 15 is 0 Å². The molecule has 0 saturated heterocycles. The normalized spacial score (nSPS) is 12.8. The molecule has 0 unspecified atom stereocenters. The number of nitrogens with one attached hydrogen (secondary N) is 1. The van der Waals surface area contributed by atoms with E-state index in [0.29, 0.717) is 25.9 Å². The first-order chi connectivity index (χ1) is 15.5. The number of hydrogen-bond donors (Lipinski definition) is 1. The Hall–Kier alpha value is -3.09. The molecule has 33 heavy (non-hydrogen) atoms. The molecule has 0 aliphatic carbocycles. The molecule has 2 amide bonds. The topological polar surface area (TPSA) is 80.4 Å². The monoisotopic (exact) mass is 452 g/mol. The fourth-order valence-corrected chi connectivity index (χ4v) is 3.95. The van der Waals surface area contributed by atoms with Gasteiger partial charge >= 0.3 is 0 Å². The SMILES string of the molecule is CC(C)CN(Cc1ccc2occc2c1)C(=O)[C@H](Cc1cncn1C)NC(=O)CC(C)(C)C. The average Bonchev–Trinajstić information content (AvgIpc) is 3.33. The second kappa shape index (κ2) is 10.2. The summed E-state index contributed by atoms with van der Waals surface area (Å²) in [5.41, 5.74) is 2.58. The van der Waals surface area contributed by atoms with Crippen molar-refractivity contribution in [2.45, 2.75) is 60.0 Å². The second-order valence-electron chi connectivity index (χ2n) is 10.5. The number of rotatable bonds is 9. The average molecular weight is 453 g/mol. The van der Waals surface area contributed by atoms with Crippen molar-refractivity contribution in [3.63, 3.8) is 0 Å². The van der Waals surface area contributed by atoms with E-state index in [1.807, 2.05) is 61.6 Å². The summed E-state index contributed by atoms with van der Waals surface area (Å²) in [5, 5.41) is 4.03. The summed E-state index contributed by atoms with van der Waals surface area (Å²) in [6.07, 6.45) is 5.86. The highest BCUT2D eigenvalue weighted by atomic mass is 16.3. The number of fused-ring (bicyclic) bond motifs is 1. The van der Waals surface area contributed by atoms with Crippen LogP contribution in [0.2, 0.25) is 0 Å². The molecule has 7 heteroatoms. The molecule has 2 heterocycles. The van der Waals surface area contributed by atoms with Gasteiger partial charge in [-0.2, -0.15) is 0 Å². The van der Waals surface area contributed by atoms with Crippen LogP contribution in [0.5, 0.6) is 0 Å². The molecule has 1 atom stereocenters. The van der Waals surface area contributed by atoms with E-state index in [9.17, 15) is 9.59 Å². The molecule has 7 nitrogen and oxygen atoms in total. The molecule has 0 aliphatic rings. The van der Waals surface area contributed by atoms with E-state index in [0.717, 1.165) is 22.2 Å². The molecule has 3 rings (SSSR count). The molecule has 0 bridgehead atoms. The molecule has 178 valence electrons. The van der Waals surface area contributed by atoms with Crippen molar-refractivity contribution in [3.05, 3.63) is 54.3 Å². The highest BCUT2D eigenvalue weighted by molar-refractivity contribution is 5.88. The Morgan fingerprint density at radius 2 is 1.97 bits per heavy atom. The molecule has 0 radical (unpaired) electrons. The third-order valence-electron chi connectivity index (χ3n) is 5.44. The Balaban J connectivity index is 1.85. The Labute approximate surface area is 196 Å². The van der Waals surface area contributed by atoms with Crippen LogP contribution < -0.4 is 5.32 Å². The summed E-state index contributed by atoms with van der Waals surface area (Å²) >= 11 is 0. The lowest BCUT2D eigenvalue weighted by atomic mass is 9.91. The van der Waals surface area contributed by atoms with Gasteiger partial charge in [-0.1, -0.05) is 40.7 Å². The van der Waals surface area contributed by atoms with Gasteiger partial charge < -0.3 is 19.2 Å². The maximum Gasteiger partial charge on any atom is 0.245 e. The number of aromatic nitrogens is 2. The van der Waals surface area contributed by atoms with E-state index in [1.54, 1.807) is 18.8 Å². The van der Waals surface area contributed by atoms with E-state index in [4.69, 9.17) is 4.42 Å². The number of benzene rings is 1. The molecule has 3 aromatic rings. The van der Waals surface area contributed by atoms with Crippen LogP contribution in [-0.4, -0.2) is 38.9 Å². The maximum absolute atomic E-state index is 13.8. The van der Waals surface area contributed by atoms with Crippen molar-refractivity contribution in [2.75, 3.05) is 6.54 Å². The second-order valence-corrected chi connectivity index (χ2v) is 10.5. The number of hydrogen-bond acceptors (Lipinski definition) is 4. The Bertz CT molecular complexity index is 1090. The molecule has 2 aromatic heterocycles. The fraction of sp³-hybridized carbons (Fsp3) is 0.500. The Morgan fingerprint density at radius 1 is 1.21 bits per heavy atom. The molecule has 0 fully saturated rings. The van der Waals surface area contributed by atoms with E-state index in [1.165, 1.54) is 0 Å². The summed E-state index contributed by atoms with van der Waals surface area (Å²) < 4.78 is 7.33. The molecule has 0 spiro atoms. The first-order valence-corrected chi connectivity index (χ1v) is 11.5.